The lowest BCUT2D eigenvalue weighted by atomic mass is 10.1. The molecule has 5 atom stereocenters. The molecule has 13 nitrogen and oxygen atoms in total. The number of esters is 1. The number of nitrogens with zero attached hydrogens (tertiary/aromatic N) is 4. The number of fused-ring (bicyclic) bond motifs is 1. The summed E-state index contributed by atoms with van der Waals surface area (Å²) in [5.74, 6) is -1.16. The Morgan fingerprint density at radius 1 is 1.34 bits per heavy atom. The van der Waals surface area contributed by atoms with Crippen LogP contribution in [0.3, 0.4) is 0 Å². The zero-order valence-corrected chi connectivity index (χ0v) is 15.2. The second-order valence-electron chi connectivity index (χ2n) is 6.71. The Balaban J connectivity index is 1.58. The summed E-state index contributed by atoms with van der Waals surface area (Å²) in [7, 11) is 0. The van der Waals surface area contributed by atoms with Crippen molar-refractivity contribution in [3.8, 4) is 0 Å². The number of amides is 2. The summed E-state index contributed by atoms with van der Waals surface area (Å²) in [6.45, 7) is 1.01. The molecule has 2 fully saturated rings. The normalized spacial score (nSPS) is 29.3. The van der Waals surface area contributed by atoms with Gasteiger partial charge in [-0.1, -0.05) is 0 Å². The van der Waals surface area contributed by atoms with Crippen molar-refractivity contribution in [2.75, 3.05) is 11.9 Å². The van der Waals surface area contributed by atoms with Crippen LogP contribution in [0.1, 0.15) is 19.6 Å². The lowest BCUT2D eigenvalue weighted by Gasteiger charge is -2.16. The number of carbonyl (C=O) groups excluding carboxylic acids is 3. The number of aliphatic hydroxyl groups is 2. The molecule has 154 valence electrons. The van der Waals surface area contributed by atoms with Gasteiger partial charge in [0.2, 0.25) is 11.8 Å². The average molecular weight is 406 g/mol. The van der Waals surface area contributed by atoms with Gasteiger partial charge in [0.15, 0.2) is 23.2 Å². The Morgan fingerprint density at radius 3 is 2.83 bits per heavy atom. The number of nitrogens with one attached hydrogen (secondary N) is 2. The van der Waals surface area contributed by atoms with Crippen LogP contribution in [0.5, 0.6) is 0 Å². The van der Waals surface area contributed by atoms with Crippen molar-refractivity contribution in [3.05, 3.63) is 12.7 Å². The van der Waals surface area contributed by atoms with E-state index in [4.69, 9.17) is 9.47 Å². The minimum Gasteiger partial charge on any atom is -0.463 e. The Hall–Kier alpha value is -3.16. The maximum atomic E-state index is 11.8. The van der Waals surface area contributed by atoms with Crippen molar-refractivity contribution in [1.29, 1.82) is 0 Å². The summed E-state index contributed by atoms with van der Waals surface area (Å²) in [5.41, 5.74) is 0.560. The Morgan fingerprint density at radius 2 is 2.14 bits per heavy atom. The van der Waals surface area contributed by atoms with Crippen LogP contribution in [0.15, 0.2) is 12.7 Å². The van der Waals surface area contributed by atoms with Crippen LogP contribution in [-0.4, -0.2) is 78.5 Å². The second-order valence-corrected chi connectivity index (χ2v) is 6.71. The monoisotopic (exact) mass is 406 g/mol. The van der Waals surface area contributed by atoms with Crippen LogP contribution in [-0.2, 0) is 23.9 Å². The first kappa shape index (κ1) is 19.2. The van der Waals surface area contributed by atoms with Crippen molar-refractivity contribution in [2.24, 2.45) is 0 Å². The molecule has 2 saturated heterocycles. The molecule has 0 aromatic carbocycles. The molecule has 29 heavy (non-hydrogen) atoms. The van der Waals surface area contributed by atoms with Gasteiger partial charge in [0.25, 0.3) is 0 Å². The first-order valence-electron chi connectivity index (χ1n) is 8.78. The van der Waals surface area contributed by atoms with E-state index in [1.807, 2.05) is 0 Å². The Bertz CT molecular complexity index is 978. The predicted octanol–water partition coefficient (Wildman–Crippen LogP) is -2.16. The molecule has 0 radical (unpaired) electrons. The molecule has 13 heteroatoms. The number of imidazole rings is 1. The number of anilines is 1. The molecule has 2 aromatic heterocycles. The maximum absolute atomic E-state index is 11.8. The third-order valence-electron chi connectivity index (χ3n) is 4.70. The molecule has 0 bridgehead atoms. The number of hydrogen-bond donors (Lipinski definition) is 4. The van der Waals surface area contributed by atoms with Gasteiger partial charge in [-0.2, -0.15) is 0 Å². The number of aliphatic hydroxyl groups excluding tert-OH is 2. The van der Waals surface area contributed by atoms with E-state index in [0.29, 0.717) is 0 Å². The first-order chi connectivity index (χ1) is 13.8. The van der Waals surface area contributed by atoms with Gasteiger partial charge in [-0.25, -0.2) is 15.0 Å². The number of imide groups is 1. The third kappa shape index (κ3) is 3.50. The highest BCUT2D eigenvalue weighted by molar-refractivity contribution is 6.07. The standard InChI is InChI=1S/C16H18N6O7/c1-6(23)28-3-8-11(25)12(26)16(29-8)22-5-19-10-13(17-4-18-14(10)22)20-7-2-9(24)21-15(7)27/h4-5,7-8,11-12,16,25-26H,2-3H2,1H3,(H,17,18,20)(H,21,24,27)/t7-,8+,11+,12+,16+/m0/s1. The van der Waals surface area contributed by atoms with Crippen LogP contribution in [0, 0.1) is 0 Å². The molecule has 2 aliphatic rings. The van der Waals surface area contributed by atoms with Gasteiger partial charge in [0, 0.05) is 6.92 Å². The van der Waals surface area contributed by atoms with E-state index in [1.54, 1.807) is 0 Å². The summed E-state index contributed by atoms with van der Waals surface area (Å²) in [6.07, 6.45) is -2.02. The fourth-order valence-corrected chi connectivity index (χ4v) is 3.28. The van der Waals surface area contributed by atoms with E-state index >= 15 is 0 Å². The van der Waals surface area contributed by atoms with E-state index < -0.39 is 48.4 Å². The van der Waals surface area contributed by atoms with Crippen molar-refractivity contribution in [1.82, 2.24) is 24.8 Å². The molecule has 4 rings (SSSR count). The van der Waals surface area contributed by atoms with Crippen LogP contribution in [0.4, 0.5) is 5.82 Å². The minimum atomic E-state index is -1.32. The largest absolute Gasteiger partial charge is 0.463 e. The van der Waals surface area contributed by atoms with E-state index in [9.17, 15) is 24.6 Å². The van der Waals surface area contributed by atoms with Crippen molar-refractivity contribution < 1.29 is 34.1 Å². The molecule has 0 saturated carbocycles. The molecule has 0 spiro atoms. The van der Waals surface area contributed by atoms with Gasteiger partial charge < -0.3 is 25.0 Å². The lowest BCUT2D eigenvalue weighted by Crippen LogP contribution is -2.34. The maximum Gasteiger partial charge on any atom is 0.302 e. The van der Waals surface area contributed by atoms with Crippen molar-refractivity contribution in [2.45, 2.75) is 43.9 Å². The van der Waals surface area contributed by atoms with Gasteiger partial charge >= 0.3 is 5.97 Å². The number of hydrogen-bond acceptors (Lipinski definition) is 11. The highest BCUT2D eigenvalue weighted by Crippen LogP contribution is 2.32. The van der Waals surface area contributed by atoms with E-state index in [2.05, 4.69) is 25.6 Å². The molecular formula is C16H18N6O7. The van der Waals surface area contributed by atoms with Crippen LogP contribution in [0.25, 0.3) is 11.2 Å². The molecule has 4 N–H and O–H groups in total. The van der Waals surface area contributed by atoms with Crippen molar-refractivity contribution >= 4 is 34.8 Å². The molecule has 0 aliphatic carbocycles. The van der Waals surface area contributed by atoms with Gasteiger partial charge in [0.05, 0.1) is 12.7 Å². The number of aromatic nitrogens is 4. The summed E-state index contributed by atoms with van der Waals surface area (Å²) < 4.78 is 11.9. The predicted molar refractivity (Wildman–Crippen MR) is 93.1 cm³/mol. The summed E-state index contributed by atoms with van der Waals surface area (Å²) in [6, 6.07) is -0.783. The Kier molecular flexibility index (Phi) is 4.86. The fraction of sp³-hybridized carbons (Fsp3) is 0.500. The lowest BCUT2D eigenvalue weighted by molar-refractivity contribution is -0.147. The van der Waals surface area contributed by atoms with Crippen LogP contribution >= 0.6 is 0 Å². The third-order valence-corrected chi connectivity index (χ3v) is 4.70. The van der Waals surface area contributed by atoms with Gasteiger partial charge in [-0.3, -0.25) is 24.3 Å². The second kappa shape index (κ2) is 7.35. The summed E-state index contributed by atoms with van der Waals surface area (Å²) in [5, 5.41) is 25.6. The average Bonchev–Trinajstić information content (AvgIpc) is 3.31. The summed E-state index contributed by atoms with van der Waals surface area (Å²) >= 11 is 0. The van der Waals surface area contributed by atoms with Gasteiger partial charge in [-0.15, -0.1) is 0 Å². The molecule has 2 amide bonds. The highest BCUT2D eigenvalue weighted by atomic mass is 16.6. The quantitative estimate of drug-likeness (QED) is 0.314. The zero-order chi connectivity index (χ0) is 20.7. The van der Waals surface area contributed by atoms with Gasteiger partial charge in [0.1, 0.15) is 37.3 Å². The van der Waals surface area contributed by atoms with E-state index in [0.717, 1.165) is 0 Å². The number of ether oxygens (including phenoxy) is 2. The minimum absolute atomic E-state index is 0.0283. The summed E-state index contributed by atoms with van der Waals surface area (Å²) in [4.78, 5) is 46.5. The van der Waals surface area contributed by atoms with Crippen molar-refractivity contribution in [3.63, 3.8) is 0 Å². The van der Waals surface area contributed by atoms with E-state index in [1.165, 1.54) is 24.1 Å². The molecule has 0 unspecified atom stereocenters. The van der Waals surface area contributed by atoms with Crippen LogP contribution < -0.4 is 10.6 Å². The fourth-order valence-electron chi connectivity index (χ4n) is 3.28. The molecule has 2 aromatic rings. The van der Waals surface area contributed by atoms with Crippen LogP contribution in [0.2, 0.25) is 0 Å². The SMILES string of the molecule is CC(=O)OC[C@H]1O[C@@H](n2cnc3c(N[C@H]4CC(=O)NC4=O)ncnc32)[C@H](O)[C@@H]1O. The zero-order valence-electron chi connectivity index (χ0n) is 15.2. The van der Waals surface area contributed by atoms with Gasteiger partial charge in [-0.05, 0) is 0 Å². The molecule has 4 heterocycles. The number of carbonyl (C=O) groups is 3. The highest BCUT2D eigenvalue weighted by Gasteiger charge is 2.45. The van der Waals surface area contributed by atoms with E-state index in [-0.39, 0.29) is 30.0 Å². The Labute approximate surface area is 163 Å². The number of rotatable bonds is 5. The first-order valence-corrected chi connectivity index (χ1v) is 8.78. The smallest absolute Gasteiger partial charge is 0.302 e. The molecular weight excluding hydrogens is 388 g/mol. The topological polar surface area (TPSA) is 178 Å². The molecule has 2 aliphatic heterocycles.